The van der Waals surface area contributed by atoms with Crippen molar-refractivity contribution in [2.75, 3.05) is 19.8 Å². The van der Waals surface area contributed by atoms with Gasteiger partial charge in [0.2, 0.25) is 0 Å². The molecule has 3 atom stereocenters. The highest BCUT2D eigenvalue weighted by molar-refractivity contribution is 5.93. The van der Waals surface area contributed by atoms with Gasteiger partial charge in [-0.25, -0.2) is 9.97 Å². The van der Waals surface area contributed by atoms with Crippen molar-refractivity contribution in [3.63, 3.8) is 0 Å². The number of hydrogen-bond donors (Lipinski definition) is 0. The summed E-state index contributed by atoms with van der Waals surface area (Å²) in [4.78, 5) is 23.1. The summed E-state index contributed by atoms with van der Waals surface area (Å²) in [6.45, 7) is 1.72. The van der Waals surface area contributed by atoms with Gasteiger partial charge in [0.1, 0.15) is 5.69 Å². The summed E-state index contributed by atoms with van der Waals surface area (Å²) in [5, 5.41) is 0. The summed E-state index contributed by atoms with van der Waals surface area (Å²) in [5.41, 5.74) is 0.720. The number of rotatable bonds is 4. The highest BCUT2D eigenvalue weighted by Crippen LogP contribution is 2.35. The molecule has 4 rings (SSSR count). The van der Waals surface area contributed by atoms with E-state index >= 15 is 0 Å². The fourth-order valence-electron chi connectivity index (χ4n) is 3.86. The number of aryl methyl sites for hydroxylation is 1. The van der Waals surface area contributed by atoms with Gasteiger partial charge >= 0.3 is 6.01 Å². The third-order valence-electron chi connectivity index (χ3n) is 5.11. The molecule has 2 aromatic rings. The van der Waals surface area contributed by atoms with Crippen molar-refractivity contribution in [2.24, 2.45) is 13.0 Å². The third-order valence-corrected chi connectivity index (χ3v) is 5.11. The van der Waals surface area contributed by atoms with Gasteiger partial charge in [-0.1, -0.05) is 0 Å². The molecule has 0 aromatic carbocycles. The summed E-state index contributed by atoms with van der Waals surface area (Å²) in [6.07, 6.45) is 7.15. The molecule has 1 saturated heterocycles. The van der Waals surface area contributed by atoms with E-state index in [9.17, 15) is 4.79 Å². The van der Waals surface area contributed by atoms with Crippen molar-refractivity contribution < 1.29 is 14.3 Å². The Balaban J connectivity index is 1.43. The first-order valence-corrected chi connectivity index (χ1v) is 8.68. The van der Waals surface area contributed by atoms with Crippen molar-refractivity contribution >= 4 is 5.91 Å². The van der Waals surface area contributed by atoms with E-state index in [0.29, 0.717) is 25.8 Å². The third kappa shape index (κ3) is 3.11. The molecule has 0 spiro atoms. The first-order chi connectivity index (χ1) is 12.2. The number of hydrogen-bond acceptors (Lipinski definition) is 5. The monoisotopic (exact) mass is 342 g/mol. The Labute approximate surface area is 146 Å². The Hall–Kier alpha value is -2.41. The number of amides is 1. The van der Waals surface area contributed by atoms with Crippen LogP contribution in [-0.4, -0.2) is 57.2 Å². The molecule has 0 bridgehead atoms. The average molecular weight is 342 g/mol. The van der Waals surface area contributed by atoms with E-state index in [2.05, 4.69) is 9.97 Å². The van der Waals surface area contributed by atoms with Crippen LogP contribution < -0.4 is 4.74 Å². The number of carbonyl (C=O) groups excluding carboxylic acids is 1. The molecular formula is C18H22N4O3. The second-order valence-electron chi connectivity index (χ2n) is 6.59. The summed E-state index contributed by atoms with van der Waals surface area (Å²) in [7, 11) is 1.90. The lowest BCUT2D eigenvalue weighted by Crippen LogP contribution is -2.53. The summed E-state index contributed by atoms with van der Waals surface area (Å²) < 4.78 is 13.6. The molecule has 0 unspecified atom stereocenters. The van der Waals surface area contributed by atoms with Crippen LogP contribution in [0.4, 0.5) is 0 Å². The highest BCUT2D eigenvalue weighted by Gasteiger charge is 2.45. The average Bonchev–Trinajstić information content (AvgIpc) is 3.26. The number of nitrogens with zero attached hydrogens (tertiary/aromatic N) is 4. The summed E-state index contributed by atoms with van der Waals surface area (Å²) in [6, 6.07) is 6.03. The first kappa shape index (κ1) is 16.1. The van der Waals surface area contributed by atoms with Gasteiger partial charge in [0.05, 0.1) is 25.4 Å². The SMILES string of the molecule is Cn1cccc1C(=O)N1CCO[C@@H]2[C@@H](COc3ncccn3)CC[C@@H]21. The fraction of sp³-hybridized carbons (Fsp3) is 0.500. The van der Waals surface area contributed by atoms with Gasteiger partial charge in [-0.15, -0.1) is 0 Å². The molecule has 25 heavy (non-hydrogen) atoms. The topological polar surface area (TPSA) is 69.5 Å². The number of aromatic nitrogens is 3. The first-order valence-electron chi connectivity index (χ1n) is 8.68. The van der Waals surface area contributed by atoms with Gasteiger partial charge in [-0.2, -0.15) is 0 Å². The van der Waals surface area contributed by atoms with Gasteiger partial charge in [0.25, 0.3) is 5.91 Å². The van der Waals surface area contributed by atoms with Crippen molar-refractivity contribution in [3.05, 3.63) is 42.5 Å². The lowest BCUT2D eigenvalue weighted by atomic mass is 10.0. The van der Waals surface area contributed by atoms with Crippen molar-refractivity contribution in [1.82, 2.24) is 19.4 Å². The number of fused-ring (bicyclic) bond motifs is 1. The van der Waals surface area contributed by atoms with Crippen LogP contribution in [0, 0.1) is 5.92 Å². The summed E-state index contributed by atoms with van der Waals surface area (Å²) >= 11 is 0. The normalized spacial score (nSPS) is 25.6. The Morgan fingerprint density at radius 1 is 1.32 bits per heavy atom. The maximum absolute atomic E-state index is 12.9. The van der Waals surface area contributed by atoms with E-state index in [-0.39, 0.29) is 24.0 Å². The Bertz CT molecular complexity index is 733. The van der Waals surface area contributed by atoms with E-state index in [1.165, 1.54) is 0 Å². The molecule has 0 radical (unpaired) electrons. The molecule has 3 heterocycles. The molecule has 1 aliphatic heterocycles. The molecular weight excluding hydrogens is 320 g/mol. The molecule has 2 aromatic heterocycles. The molecule has 0 N–H and O–H groups in total. The van der Waals surface area contributed by atoms with Gasteiger partial charge < -0.3 is 18.9 Å². The number of morpholine rings is 1. The summed E-state index contributed by atoms with van der Waals surface area (Å²) in [5.74, 6) is 0.330. The Kier molecular flexibility index (Phi) is 4.40. The van der Waals surface area contributed by atoms with Crippen LogP contribution in [0.3, 0.4) is 0 Å². The minimum absolute atomic E-state index is 0.0154. The van der Waals surface area contributed by atoms with Crippen LogP contribution in [0.15, 0.2) is 36.8 Å². The van der Waals surface area contributed by atoms with Crippen molar-refractivity contribution in [3.8, 4) is 6.01 Å². The lowest BCUT2D eigenvalue weighted by Gasteiger charge is -2.39. The van der Waals surface area contributed by atoms with Gasteiger partial charge in [0.15, 0.2) is 0 Å². The van der Waals surface area contributed by atoms with E-state index in [1.54, 1.807) is 18.5 Å². The molecule has 2 aliphatic rings. The molecule has 1 saturated carbocycles. The molecule has 1 amide bonds. The second-order valence-corrected chi connectivity index (χ2v) is 6.59. The zero-order chi connectivity index (χ0) is 17.2. The van der Waals surface area contributed by atoms with E-state index in [0.717, 1.165) is 18.5 Å². The number of carbonyl (C=O) groups is 1. The van der Waals surface area contributed by atoms with Gasteiger partial charge in [0, 0.05) is 38.1 Å². The van der Waals surface area contributed by atoms with Crippen LogP contribution in [0.1, 0.15) is 23.3 Å². The van der Waals surface area contributed by atoms with Crippen LogP contribution in [0.25, 0.3) is 0 Å². The standard InChI is InChI=1S/C18H22N4O3/c1-21-9-2-4-15(21)17(23)22-10-11-24-16-13(5-6-14(16)22)12-25-18-19-7-3-8-20-18/h2-4,7-9,13-14,16H,5-6,10-12H2,1H3/t13-,14+,16-/m1/s1. The Morgan fingerprint density at radius 2 is 2.16 bits per heavy atom. The zero-order valence-corrected chi connectivity index (χ0v) is 14.2. The quantitative estimate of drug-likeness (QED) is 0.842. The zero-order valence-electron chi connectivity index (χ0n) is 14.2. The smallest absolute Gasteiger partial charge is 0.316 e. The van der Waals surface area contributed by atoms with E-state index in [4.69, 9.17) is 9.47 Å². The predicted octanol–water partition coefficient (Wildman–Crippen LogP) is 1.51. The molecule has 7 heteroatoms. The molecule has 1 aliphatic carbocycles. The van der Waals surface area contributed by atoms with Crippen LogP contribution in [0.2, 0.25) is 0 Å². The highest BCUT2D eigenvalue weighted by atomic mass is 16.5. The van der Waals surface area contributed by atoms with Gasteiger partial charge in [-0.05, 0) is 31.0 Å². The van der Waals surface area contributed by atoms with Crippen molar-refractivity contribution in [1.29, 1.82) is 0 Å². The van der Waals surface area contributed by atoms with Gasteiger partial charge in [-0.3, -0.25) is 4.79 Å². The number of ether oxygens (including phenoxy) is 2. The minimum Gasteiger partial charge on any atom is -0.463 e. The fourth-order valence-corrected chi connectivity index (χ4v) is 3.86. The maximum atomic E-state index is 12.9. The molecule has 7 nitrogen and oxygen atoms in total. The van der Waals surface area contributed by atoms with E-state index in [1.807, 2.05) is 34.8 Å². The van der Waals surface area contributed by atoms with Crippen LogP contribution in [-0.2, 0) is 11.8 Å². The van der Waals surface area contributed by atoms with Crippen molar-refractivity contribution in [2.45, 2.75) is 25.0 Å². The minimum atomic E-state index is 0.0154. The lowest BCUT2D eigenvalue weighted by molar-refractivity contribution is -0.0685. The molecule has 2 fully saturated rings. The second kappa shape index (κ2) is 6.84. The van der Waals surface area contributed by atoms with Crippen LogP contribution >= 0.6 is 0 Å². The molecule has 132 valence electrons. The largest absolute Gasteiger partial charge is 0.463 e. The van der Waals surface area contributed by atoms with Crippen LogP contribution in [0.5, 0.6) is 6.01 Å². The van der Waals surface area contributed by atoms with E-state index < -0.39 is 0 Å². The Morgan fingerprint density at radius 3 is 2.92 bits per heavy atom. The predicted molar refractivity (Wildman–Crippen MR) is 90.2 cm³/mol. The maximum Gasteiger partial charge on any atom is 0.316 e.